The van der Waals surface area contributed by atoms with E-state index < -0.39 is 11.7 Å². The number of nitrogens with zero attached hydrogens (tertiary/aromatic N) is 1. The third-order valence-corrected chi connectivity index (χ3v) is 4.91. The van der Waals surface area contributed by atoms with Gasteiger partial charge in [-0.2, -0.15) is 13.2 Å². The molecule has 1 amide bonds. The number of halogens is 3. The largest absolute Gasteiger partial charge is 0.457 e. The first-order valence-corrected chi connectivity index (χ1v) is 9.64. The molecule has 156 valence electrons. The maximum Gasteiger partial charge on any atom is 0.416 e. The summed E-state index contributed by atoms with van der Waals surface area (Å²) in [5.74, 6) is 0.675. The van der Waals surface area contributed by atoms with E-state index in [1.165, 1.54) is 32.3 Å². The second kappa shape index (κ2) is 9.08. The van der Waals surface area contributed by atoms with Crippen LogP contribution in [-0.4, -0.2) is 17.9 Å². The van der Waals surface area contributed by atoms with Gasteiger partial charge >= 0.3 is 6.18 Å². The van der Waals surface area contributed by atoms with Crippen LogP contribution in [0, 0.1) is 6.92 Å². The normalized spacial score (nSPS) is 11.1. The van der Waals surface area contributed by atoms with Crippen molar-refractivity contribution >= 4 is 23.5 Å². The number of nitrogens with one attached hydrogen (secondary N) is 2. The van der Waals surface area contributed by atoms with Gasteiger partial charge in [0.25, 0.3) is 5.91 Å². The molecule has 0 fully saturated rings. The average molecular weight is 433 g/mol. The highest BCUT2D eigenvalue weighted by molar-refractivity contribution is 8.00. The summed E-state index contributed by atoms with van der Waals surface area (Å²) in [7, 11) is 1.52. The summed E-state index contributed by atoms with van der Waals surface area (Å²) in [5, 5.41) is 2.49. The molecule has 1 heterocycles. The van der Waals surface area contributed by atoms with Gasteiger partial charge in [0.15, 0.2) is 0 Å². The lowest BCUT2D eigenvalue weighted by molar-refractivity contribution is -0.138. The number of rotatable bonds is 6. The van der Waals surface area contributed by atoms with E-state index in [1.807, 2.05) is 0 Å². The smallest absolute Gasteiger partial charge is 0.416 e. The van der Waals surface area contributed by atoms with E-state index in [0.29, 0.717) is 22.1 Å². The summed E-state index contributed by atoms with van der Waals surface area (Å²) in [6.07, 6.45) is -2.91. The molecule has 2 aromatic carbocycles. The topological polar surface area (TPSA) is 63.2 Å². The molecule has 0 aliphatic rings. The molecule has 0 saturated carbocycles. The fraction of sp³-hybridized carbons (Fsp3) is 0.143. The SMILES string of the molecule is CNC(=O)c1cc(Oc2ccc(NSc3ccc(C)c(C(F)(F)F)c3)cc2)ccn1. The molecule has 0 aliphatic heterocycles. The third-order valence-electron chi connectivity index (χ3n) is 4.08. The molecular weight excluding hydrogens is 415 g/mol. The van der Waals surface area contributed by atoms with Gasteiger partial charge in [0.1, 0.15) is 17.2 Å². The first-order valence-electron chi connectivity index (χ1n) is 8.83. The van der Waals surface area contributed by atoms with Gasteiger partial charge in [0, 0.05) is 29.9 Å². The fourth-order valence-corrected chi connectivity index (χ4v) is 3.23. The average Bonchev–Trinajstić information content (AvgIpc) is 2.73. The van der Waals surface area contributed by atoms with Crippen LogP contribution >= 0.6 is 11.9 Å². The molecule has 3 aromatic rings. The highest BCUT2D eigenvalue weighted by Gasteiger charge is 2.32. The molecule has 3 rings (SSSR count). The quantitative estimate of drug-likeness (QED) is 0.490. The van der Waals surface area contributed by atoms with Crippen LogP contribution in [0.15, 0.2) is 65.7 Å². The number of aromatic nitrogens is 1. The van der Waals surface area contributed by atoms with Gasteiger partial charge in [0.05, 0.1) is 5.56 Å². The Bertz CT molecular complexity index is 1040. The number of amides is 1. The van der Waals surface area contributed by atoms with E-state index in [1.54, 1.807) is 36.4 Å². The molecule has 0 spiro atoms. The zero-order chi connectivity index (χ0) is 21.7. The van der Waals surface area contributed by atoms with Gasteiger partial charge in [-0.15, -0.1) is 0 Å². The van der Waals surface area contributed by atoms with Crippen molar-refractivity contribution in [1.82, 2.24) is 10.3 Å². The molecule has 1 aromatic heterocycles. The lowest BCUT2D eigenvalue weighted by atomic mass is 10.1. The Hall–Kier alpha value is -3.20. The lowest BCUT2D eigenvalue weighted by Crippen LogP contribution is -2.18. The molecule has 0 aliphatic carbocycles. The molecule has 2 N–H and O–H groups in total. The number of hydrogen-bond acceptors (Lipinski definition) is 5. The Morgan fingerprint density at radius 3 is 2.43 bits per heavy atom. The fourth-order valence-electron chi connectivity index (χ4n) is 2.54. The van der Waals surface area contributed by atoms with Crippen molar-refractivity contribution in [3.63, 3.8) is 0 Å². The standard InChI is InChI=1S/C21H18F3N3O2S/c1-13-3-8-17(12-18(13)21(22,23)24)30-27-14-4-6-15(7-5-14)29-16-9-10-26-19(11-16)20(28)25-2/h3-12,27H,1-2H3,(H,25,28). The van der Waals surface area contributed by atoms with Gasteiger partial charge in [-0.05, 0) is 66.9 Å². The number of pyridine rings is 1. The highest BCUT2D eigenvalue weighted by atomic mass is 32.2. The van der Waals surface area contributed by atoms with Crippen molar-refractivity contribution in [3.05, 3.63) is 77.6 Å². The Morgan fingerprint density at radius 2 is 1.77 bits per heavy atom. The summed E-state index contributed by atoms with van der Waals surface area (Å²) in [6, 6.07) is 14.2. The lowest BCUT2D eigenvalue weighted by Gasteiger charge is -2.12. The van der Waals surface area contributed by atoms with Crippen molar-refractivity contribution in [2.75, 3.05) is 11.8 Å². The van der Waals surface area contributed by atoms with Crippen molar-refractivity contribution in [2.24, 2.45) is 0 Å². The van der Waals surface area contributed by atoms with Crippen LogP contribution in [0.5, 0.6) is 11.5 Å². The zero-order valence-corrected chi connectivity index (χ0v) is 16.9. The minimum Gasteiger partial charge on any atom is -0.457 e. The zero-order valence-electron chi connectivity index (χ0n) is 16.1. The van der Waals surface area contributed by atoms with E-state index in [4.69, 9.17) is 4.74 Å². The van der Waals surface area contributed by atoms with Crippen LogP contribution in [-0.2, 0) is 6.18 Å². The first kappa shape index (κ1) is 21.5. The Kier molecular flexibility index (Phi) is 6.51. The third kappa shape index (κ3) is 5.44. The summed E-state index contributed by atoms with van der Waals surface area (Å²) < 4.78 is 47.8. The Balaban J connectivity index is 1.64. The van der Waals surface area contributed by atoms with Crippen LogP contribution in [0.3, 0.4) is 0 Å². The van der Waals surface area contributed by atoms with Crippen molar-refractivity contribution in [2.45, 2.75) is 18.0 Å². The second-order valence-electron chi connectivity index (χ2n) is 6.26. The van der Waals surface area contributed by atoms with Crippen molar-refractivity contribution in [1.29, 1.82) is 0 Å². The molecular formula is C21H18F3N3O2S. The molecule has 0 saturated heterocycles. The van der Waals surface area contributed by atoms with E-state index in [9.17, 15) is 18.0 Å². The summed E-state index contributed by atoms with van der Waals surface area (Å²) in [6.45, 7) is 1.43. The first-order chi connectivity index (χ1) is 14.3. The van der Waals surface area contributed by atoms with Crippen LogP contribution in [0.25, 0.3) is 0 Å². The number of benzene rings is 2. The Morgan fingerprint density at radius 1 is 1.03 bits per heavy atom. The summed E-state index contributed by atoms with van der Waals surface area (Å²) >= 11 is 1.09. The van der Waals surface area contributed by atoms with Crippen molar-refractivity contribution < 1.29 is 22.7 Å². The van der Waals surface area contributed by atoms with E-state index in [0.717, 1.165) is 18.0 Å². The van der Waals surface area contributed by atoms with E-state index >= 15 is 0 Å². The minimum atomic E-state index is -4.38. The monoisotopic (exact) mass is 433 g/mol. The van der Waals surface area contributed by atoms with Crippen LogP contribution in [0.1, 0.15) is 21.6 Å². The summed E-state index contributed by atoms with van der Waals surface area (Å²) in [5.41, 5.74) is 0.471. The molecule has 30 heavy (non-hydrogen) atoms. The van der Waals surface area contributed by atoms with Crippen molar-refractivity contribution in [3.8, 4) is 11.5 Å². The number of carbonyl (C=O) groups is 1. The number of ether oxygens (including phenoxy) is 1. The maximum absolute atomic E-state index is 13.0. The van der Waals surface area contributed by atoms with Crippen LogP contribution in [0.4, 0.5) is 18.9 Å². The van der Waals surface area contributed by atoms with Gasteiger partial charge in [-0.25, -0.2) is 0 Å². The molecule has 9 heteroatoms. The number of anilines is 1. The Labute approximate surface area is 175 Å². The second-order valence-corrected chi connectivity index (χ2v) is 7.14. The molecule has 0 unspecified atom stereocenters. The predicted molar refractivity (Wildman–Crippen MR) is 110 cm³/mol. The number of aryl methyl sites for hydroxylation is 1. The summed E-state index contributed by atoms with van der Waals surface area (Å²) in [4.78, 5) is 16.1. The number of carbonyl (C=O) groups excluding carboxylic acids is 1. The van der Waals surface area contributed by atoms with Crippen LogP contribution < -0.4 is 14.8 Å². The number of alkyl halides is 3. The van der Waals surface area contributed by atoms with Gasteiger partial charge < -0.3 is 14.8 Å². The van der Waals surface area contributed by atoms with E-state index in [-0.39, 0.29) is 17.2 Å². The van der Waals surface area contributed by atoms with Gasteiger partial charge in [-0.1, -0.05) is 6.07 Å². The molecule has 5 nitrogen and oxygen atoms in total. The molecule has 0 atom stereocenters. The molecule has 0 radical (unpaired) electrons. The maximum atomic E-state index is 13.0. The van der Waals surface area contributed by atoms with E-state index in [2.05, 4.69) is 15.0 Å². The number of hydrogen-bond donors (Lipinski definition) is 2. The predicted octanol–water partition coefficient (Wildman–Crippen LogP) is 5.68. The van der Waals surface area contributed by atoms with Gasteiger partial charge in [-0.3, -0.25) is 9.78 Å². The highest BCUT2D eigenvalue weighted by Crippen LogP contribution is 2.35. The molecule has 0 bridgehead atoms. The minimum absolute atomic E-state index is 0.184. The van der Waals surface area contributed by atoms with Gasteiger partial charge in [0.2, 0.25) is 0 Å². The van der Waals surface area contributed by atoms with Crippen LogP contribution in [0.2, 0.25) is 0 Å².